The average Bonchev–Trinajstić information content (AvgIpc) is 2.53. The van der Waals surface area contributed by atoms with Crippen LogP contribution in [-0.2, 0) is 0 Å². The molecular formula is C17H15BrO3. The topological polar surface area (TPSA) is 35.5 Å². The van der Waals surface area contributed by atoms with E-state index in [0.717, 1.165) is 10.0 Å². The SMILES string of the molecule is COc1cc(/C=C/C(=O)c2ccccc2)c(OC)cc1Br. The zero-order valence-electron chi connectivity index (χ0n) is 11.8. The van der Waals surface area contributed by atoms with Gasteiger partial charge in [-0.15, -0.1) is 0 Å². The van der Waals surface area contributed by atoms with Crippen molar-refractivity contribution >= 4 is 27.8 Å². The van der Waals surface area contributed by atoms with Crippen LogP contribution in [0, 0.1) is 0 Å². The lowest BCUT2D eigenvalue weighted by Gasteiger charge is -2.09. The summed E-state index contributed by atoms with van der Waals surface area (Å²) in [5.41, 5.74) is 1.43. The number of carbonyl (C=O) groups is 1. The monoisotopic (exact) mass is 346 g/mol. The summed E-state index contributed by atoms with van der Waals surface area (Å²) in [5.74, 6) is 1.29. The Bertz CT molecular complexity index is 663. The van der Waals surface area contributed by atoms with Gasteiger partial charge >= 0.3 is 0 Å². The fourth-order valence-corrected chi connectivity index (χ4v) is 2.36. The van der Waals surface area contributed by atoms with E-state index in [0.29, 0.717) is 17.1 Å². The molecule has 0 amide bonds. The first-order valence-electron chi connectivity index (χ1n) is 6.34. The van der Waals surface area contributed by atoms with Crippen molar-refractivity contribution < 1.29 is 14.3 Å². The highest BCUT2D eigenvalue weighted by Crippen LogP contribution is 2.33. The third kappa shape index (κ3) is 3.73. The number of hydrogen-bond acceptors (Lipinski definition) is 3. The van der Waals surface area contributed by atoms with Gasteiger partial charge < -0.3 is 9.47 Å². The Balaban J connectivity index is 2.30. The molecule has 4 heteroatoms. The van der Waals surface area contributed by atoms with Crippen molar-refractivity contribution in [3.05, 3.63) is 64.1 Å². The lowest BCUT2D eigenvalue weighted by atomic mass is 10.1. The van der Waals surface area contributed by atoms with E-state index in [2.05, 4.69) is 15.9 Å². The van der Waals surface area contributed by atoms with Crippen LogP contribution in [0.1, 0.15) is 15.9 Å². The fourth-order valence-electron chi connectivity index (χ4n) is 1.88. The molecular weight excluding hydrogens is 332 g/mol. The first-order chi connectivity index (χ1) is 10.2. The minimum absolute atomic E-state index is 0.0560. The lowest BCUT2D eigenvalue weighted by Crippen LogP contribution is -1.94. The van der Waals surface area contributed by atoms with Crippen molar-refractivity contribution in [1.29, 1.82) is 0 Å². The summed E-state index contributed by atoms with van der Waals surface area (Å²) >= 11 is 3.40. The smallest absolute Gasteiger partial charge is 0.185 e. The van der Waals surface area contributed by atoms with Gasteiger partial charge in [0.15, 0.2) is 5.78 Å². The quantitative estimate of drug-likeness (QED) is 0.595. The highest BCUT2D eigenvalue weighted by molar-refractivity contribution is 9.10. The predicted octanol–water partition coefficient (Wildman–Crippen LogP) is 4.36. The zero-order valence-corrected chi connectivity index (χ0v) is 13.4. The van der Waals surface area contributed by atoms with E-state index in [1.54, 1.807) is 32.4 Å². The molecule has 3 nitrogen and oxygen atoms in total. The van der Waals surface area contributed by atoms with E-state index >= 15 is 0 Å². The number of benzene rings is 2. The van der Waals surface area contributed by atoms with Gasteiger partial charge in [0, 0.05) is 11.1 Å². The molecule has 0 N–H and O–H groups in total. The Morgan fingerprint density at radius 1 is 1.05 bits per heavy atom. The van der Waals surface area contributed by atoms with E-state index in [4.69, 9.17) is 9.47 Å². The van der Waals surface area contributed by atoms with Crippen molar-refractivity contribution in [2.24, 2.45) is 0 Å². The maximum absolute atomic E-state index is 12.1. The van der Waals surface area contributed by atoms with Gasteiger partial charge in [0.1, 0.15) is 11.5 Å². The fraction of sp³-hybridized carbons (Fsp3) is 0.118. The molecule has 0 aliphatic rings. The molecule has 0 radical (unpaired) electrons. The van der Waals surface area contributed by atoms with Crippen LogP contribution >= 0.6 is 15.9 Å². The number of hydrogen-bond donors (Lipinski definition) is 0. The van der Waals surface area contributed by atoms with Gasteiger partial charge in [-0.2, -0.15) is 0 Å². The van der Waals surface area contributed by atoms with E-state index in [9.17, 15) is 4.79 Å². The largest absolute Gasteiger partial charge is 0.496 e. The van der Waals surface area contributed by atoms with Crippen LogP contribution in [0.5, 0.6) is 11.5 Å². The molecule has 0 saturated heterocycles. The molecule has 0 saturated carbocycles. The van der Waals surface area contributed by atoms with Crippen molar-refractivity contribution in [2.45, 2.75) is 0 Å². The predicted molar refractivity (Wildman–Crippen MR) is 87.1 cm³/mol. The number of allylic oxidation sites excluding steroid dienone is 1. The van der Waals surface area contributed by atoms with Gasteiger partial charge in [-0.05, 0) is 40.2 Å². The Hall–Kier alpha value is -2.07. The Morgan fingerprint density at radius 2 is 1.71 bits per heavy atom. The van der Waals surface area contributed by atoms with E-state index in [1.165, 1.54) is 6.08 Å². The molecule has 108 valence electrons. The Kier molecular flexibility index (Phi) is 5.17. The summed E-state index contributed by atoms with van der Waals surface area (Å²) in [6.45, 7) is 0. The third-order valence-corrected chi connectivity index (χ3v) is 3.60. The van der Waals surface area contributed by atoms with Gasteiger partial charge in [0.25, 0.3) is 0 Å². The molecule has 0 aliphatic carbocycles. The van der Waals surface area contributed by atoms with Crippen LogP contribution in [0.2, 0.25) is 0 Å². The van der Waals surface area contributed by atoms with Gasteiger partial charge in [-0.25, -0.2) is 0 Å². The van der Waals surface area contributed by atoms with Crippen molar-refractivity contribution in [1.82, 2.24) is 0 Å². The first-order valence-corrected chi connectivity index (χ1v) is 7.14. The maximum Gasteiger partial charge on any atom is 0.185 e. The summed E-state index contributed by atoms with van der Waals surface area (Å²) in [6, 6.07) is 12.7. The Morgan fingerprint density at radius 3 is 2.33 bits per heavy atom. The van der Waals surface area contributed by atoms with Gasteiger partial charge in [-0.3, -0.25) is 4.79 Å². The van der Waals surface area contributed by atoms with E-state index in [-0.39, 0.29) is 5.78 Å². The lowest BCUT2D eigenvalue weighted by molar-refractivity contribution is 0.104. The number of ether oxygens (including phenoxy) is 2. The summed E-state index contributed by atoms with van der Waals surface area (Å²) in [5, 5.41) is 0. The van der Waals surface area contributed by atoms with Crippen molar-refractivity contribution in [3.63, 3.8) is 0 Å². The van der Waals surface area contributed by atoms with Crippen LogP contribution in [0.15, 0.2) is 53.0 Å². The van der Waals surface area contributed by atoms with Gasteiger partial charge in [0.05, 0.1) is 18.7 Å². The standard InChI is InChI=1S/C17H15BrO3/c1-20-16-11-14(18)17(21-2)10-13(16)8-9-15(19)12-6-4-3-5-7-12/h3-11H,1-2H3/b9-8+. The molecule has 2 aromatic rings. The molecule has 2 rings (SSSR count). The number of ketones is 1. The number of methoxy groups -OCH3 is 2. The molecule has 0 heterocycles. The van der Waals surface area contributed by atoms with Crippen molar-refractivity contribution in [3.8, 4) is 11.5 Å². The average molecular weight is 347 g/mol. The molecule has 0 unspecified atom stereocenters. The zero-order chi connectivity index (χ0) is 15.2. The minimum Gasteiger partial charge on any atom is -0.496 e. The second kappa shape index (κ2) is 7.09. The van der Waals surface area contributed by atoms with Crippen LogP contribution in [0.25, 0.3) is 6.08 Å². The van der Waals surface area contributed by atoms with Gasteiger partial charge in [0.2, 0.25) is 0 Å². The van der Waals surface area contributed by atoms with Gasteiger partial charge in [-0.1, -0.05) is 30.3 Å². The molecule has 0 spiro atoms. The third-order valence-electron chi connectivity index (χ3n) is 2.98. The van der Waals surface area contributed by atoms with Crippen LogP contribution in [0.3, 0.4) is 0 Å². The summed E-state index contributed by atoms with van der Waals surface area (Å²) in [6.07, 6.45) is 3.25. The molecule has 21 heavy (non-hydrogen) atoms. The number of halogens is 1. The minimum atomic E-state index is -0.0560. The summed E-state index contributed by atoms with van der Waals surface area (Å²) in [4.78, 5) is 12.1. The molecule has 0 aromatic heterocycles. The number of rotatable bonds is 5. The maximum atomic E-state index is 12.1. The molecule has 2 aromatic carbocycles. The second-order valence-electron chi connectivity index (χ2n) is 4.29. The highest BCUT2D eigenvalue weighted by atomic mass is 79.9. The summed E-state index contributed by atoms with van der Waals surface area (Å²) < 4.78 is 11.4. The summed E-state index contributed by atoms with van der Waals surface area (Å²) in [7, 11) is 3.18. The second-order valence-corrected chi connectivity index (χ2v) is 5.15. The molecule has 0 fully saturated rings. The van der Waals surface area contributed by atoms with Crippen molar-refractivity contribution in [2.75, 3.05) is 14.2 Å². The molecule has 0 bridgehead atoms. The van der Waals surface area contributed by atoms with Crippen LogP contribution in [0.4, 0.5) is 0 Å². The van der Waals surface area contributed by atoms with E-state index < -0.39 is 0 Å². The van der Waals surface area contributed by atoms with Crippen LogP contribution < -0.4 is 9.47 Å². The number of carbonyl (C=O) groups excluding carboxylic acids is 1. The molecule has 0 aliphatic heterocycles. The van der Waals surface area contributed by atoms with Crippen LogP contribution in [-0.4, -0.2) is 20.0 Å². The Labute approximate surface area is 132 Å². The first kappa shape index (κ1) is 15.3. The van der Waals surface area contributed by atoms with E-state index in [1.807, 2.05) is 30.3 Å². The molecule has 0 atom stereocenters. The normalized spacial score (nSPS) is 10.6. The highest BCUT2D eigenvalue weighted by Gasteiger charge is 2.08.